The molecule has 0 aromatic heterocycles. The molecule has 0 spiro atoms. The van der Waals surface area contributed by atoms with Gasteiger partial charge in [0.25, 0.3) is 0 Å². The van der Waals surface area contributed by atoms with Gasteiger partial charge in [0.2, 0.25) is 5.91 Å². The highest BCUT2D eigenvalue weighted by atomic mass is 19.4. The Balaban J connectivity index is 2.63. The summed E-state index contributed by atoms with van der Waals surface area (Å²) in [4.78, 5) is 12.8. The maximum absolute atomic E-state index is 13.1. The molecule has 19 heavy (non-hydrogen) atoms. The van der Waals surface area contributed by atoms with Crippen LogP contribution in [0.5, 0.6) is 0 Å². The lowest BCUT2D eigenvalue weighted by atomic mass is 10.0. The second kappa shape index (κ2) is 4.85. The summed E-state index contributed by atoms with van der Waals surface area (Å²) >= 11 is 0. The predicted octanol–water partition coefficient (Wildman–Crippen LogP) is 2.33. The van der Waals surface area contributed by atoms with E-state index >= 15 is 0 Å². The van der Waals surface area contributed by atoms with Gasteiger partial charge in [0.05, 0.1) is 11.3 Å². The summed E-state index contributed by atoms with van der Waals surface area (Å²) in [5, 5.41) is 0. The number of hydrogen-bond acceptors (Lipinski definition) is 2. The standard InChI is InChI=1S/C13H15F3N2O/c1-8(19)18-6-5-10(17)7-9-3-2-4-11(12(9)18)13(14,15)16/h2-4,10H,5-7,17H2,1H3. The molecule has 0 saturated heterocycles. The van der Waals surface area contributed by atoms with E-state index in [9.17, 15) is 18.0 Å². The highest BCUT2D eigenvalue weighted by molar-refractivity contribution is 5.93. The highest BCUT2D eigenvalue weighted by Gasteiger charge is 2.37. The van der Waals surface area contributed by atoms with Gasteiger partial charge in [-0.1, -0.05) is 12.1 Å². The lowest BCUT2D eigenvalue weighted by Crippen LogP contribution is -2.32. The molecule has 1 aliphatic heterocycles. The number of benzene rings is 1. The van der Waals surface area contributed by atoms with Gasteiger partial charge in [-0.15, -0.1) is 0 Å². The van der Waals surface area contributed by atoms with Gasteiger partial charge in [0.15, 0.2) is 0 Å². The van der Waals surface area contributed by atoms with E-state index in [0.717, 1.165) is 6.07 Å². The maximum Gasteiger partial charge on any atom is 0.418 e. The monoisotopic (exact) mass is 272 g/mol. The van der Waals surface area contributed by atoms with E-state index in [2.05, 4.69) is 0 Å². The molecule has 104 valence electrons. The molecule has 1 amide bonds. The average molecular weight is 272 g/mol. The molecule has 3 nitrogen and oxygen atoms in total. The third-order valence-electron chi connectivity index (χ3n) is 3.28. The lowest BCUT2D eigenvalue weighted by molar-refractivity contribution is -0.137. The van der Waals surface area contributed by atoms with E-state index < -0.39 is 17.6 Å². The molecule has 1 aliphatic rings. The topological polar surface area (TPSA) is 46.3 Å². The number of fused-ring (bicyclic) bond motifs is 1. The zero-order valence-corrected chi connectivity index (χ0v) is 10.5. The first-order chi connectivity index (χ1) is 8.80. The van der Waals surface area contributed by atoms with Crippen molar-refractivity contribution in [3.05, 3.63) is 29.3 Å². The van der Waals surface area contributed by atoms with Crippen LogP contribution in [0.15, 0.2) is 18.2 Å². The lowest BCUT2D eigenvalue weighted by Gasteiger charge is -2.25. The number of hydrogen-bond donors (Lipinski definition) is 1. The van der Waals surface area contributed by atoms with Crippen molar-refractivity contribution in [1.82, 2.24) is 0 Å². The Morgan fingerprint density at radius 1 is 1.42 bits per heavy atom. The fourth-order valence-electron chi connectivity index (χ4n) is 2.41. The predicted molar refractivity (Wildman–Crippen MR) is 65.8 cm³/mol. The summed E-state index contributed by atoms with van der Waals surface area (Å²) in [5.41, 5.74) is 5.53. The third kappa shape index (κ3) is 2.73. The van der Waals surface area contributed by atoms with Crippen LogP contribution in [0.3, 0.4) is 0 Å². The highest BCUT2D eigenvalue weighted by Crippen LogP contribution is 2.40. The van der Waals surface area contributed by atoms with Gasteiger partial charge in [-0.25, -0.2) is 0 Å². The van der Waals surface area contributed by atoms with Crippen LogP contribution in [0.1, 0.15) is 24.5 Å². The summed E-state index contributed by atoms with van der Waals surface area (Å²) in [6, 6.07) is 3.74. The van der Waals surface area contributed by atoms with Crippen molar-refractivity contribution in [1.29, 1.82) is 0 Å². The van der Waals surface area contributed by atoms with Gasteiger partial charge in [0, 0.05) is 19.5 Å². The third-order valence-corrected chi connectivity index (χ3v) is 3.28. The minimum absolute atomic E-state index is 0.0320. The Hall–Kier alpha value is -1.56. The number of rotatable bonds is 0. The molecule has 0 aliphatic carbocycles. The molecule has 6 heteroatoms. The average Bonchev–Trinajstić information content (AvgIpc) is 2.45. The normalized spacial score (nSPS) is 19.8. The van der Waals surface area contributed by atoms with Gasteiger partial charge < -0.3 is 10.6 Å². The van der Waals surface area contributed by atoms with Crippen molar-refractivity contribution >= 4 is 11.6 Å². The van der Waals surface area contributed by atoms with Crippen LogP contribution in [0.2, 0.25) is 0 Å². The number of carbonyl (C=O) groups excluding carboxylic acids is 1. The number of nitrogens with zero attached hydrogens (tertiary/aromatic N) is 1. The van der Waals surface area contributed by atoms with Crippen LogP contribution in [0.4, 0.5) is 18.9 Å². The molecule has 2 N–H and O–H groups in total. The van der Waals surface area contributed by atoms with Gasteiger partial charge in [0.1, 0.15) is 0 Å². The first-order valence-electron chi connectivity index (χ1n) is 6.03. The SMILES string of the molecule is CC(=O)N1CCC(N)Cc2cccc(C(F)(F)F)c21. The van der Waals surface area contributed by atoms with E-state index in [-0.39, 0.29) is 18.3 Å². The molecule has 1 aromatic carbocycles. The van der Waals surface area contributed by atoms with Crippen LogP contribution in [0.25, 0.3) is 0 Å². The summed E-state index contributed by atoms with van der Waals surface area (Å²) in [6.07, 6.45) is -3.64. The quantitative estimate of drug-likeness (QED) is 0.788. The van der Waals surface area contributed by atoms with E-state index in [0.29, 0.717) is 18.4 Å². The Kier molecular flexibility index (Phi) is 3.54. The van der Waals surface area contributed by atoms with Crippen molar-refractivity contribution in [3.8, 4) is 0 Å². The van der Waals surface area contributed by atoms with Crippen LogP contribution in [-0.2, 0) is 17.4 Å². The zero-order chi connectivity index (χ0) is 14.2. The minimum Gasteiger partial charge on any atom is -0.327 e. The van der Waals surface area contributed by atoms with E-state index in [1.54, 1.807) is 6.07 Å². The number of carbonyl (C=O) groups is 1. The van der Waals surface area contributed by atoms with E-state index in [1.165, 1.54) is 17.9 Å². The summed E-state index contributed by atoms with van der Waals surface area (Å²) in [7, 11) is 0. The first-order valence-corrected chi connectivity index (χ1v) is 6.03. The fraction of sp³-hybridized carbons (Fsp3) is 0.462. The van der Waals surface area contributed by atoms with Gasteiger partial charge in [-0.05, 0) is 24.5 Å². The molecule has 1 aromatic rings. The van der Waals surface area contributed by atoms with Crippen molar-refractivity contribution in [3.63, 3.8) is 0 Å². The Labute approximate surface area is 109 Å². The van der Waals surface area contributed by atoms with Crippen molar-refractivity contribution in [2.24, 2.45) is 5.73 Å². The molecular weight excluding hydrogens is 257 g/mol. The number of amides is 1. The number of nitrogens with two attached hydrogens (primary N) is 1. The molecule has 0 fully saturated rings. The fourth-order valence-corrected chi connectivity index (χ4v) is 2.41. The van der Waals surface area contributed by atoms with Crippen LogP contribution < -0.4 is 10.6 Å². The minimum atomic E-state index is -4.48. The van der Waals surface area contributed by atoms with Gasteiger partial charge in [-0.3, -0.25) is 4.79 Å². The molecule has 1 unspecified atom stereocenters. The largest absolute Gasteiger partial charge is 0.418 e. The van der Waals surface area contributed by atoms with Gasteiger partial charge >= 0.3 is 6.18 Å². The molecule has 1 atom stereocenters. The number of halogens is 3. The van der Waals surface area contributed by atoms with Crippen molar-refractivity contribution in [2.45, 2.75) is 32.0 Å². The summed E-state index contributed by atoms with van der Waals surface area (Å²) in [5.74, 6) is -0.396. The Bertz CT molecular complexity index is 499. The molecule has 0 bridgehead atoms. The number of anilines is 1. The zero-order valence-electron chi connectivity index (χ0n) is 10.5. The molecule has 2 rings (SSSR count). The second-order valence-electron chi connectivity index (χ2n) is 4.73. The number of alkyl halides is 3. The van der Waals surface area contributed by atoms with Crippen LogP contribution in [-0.4, -0.2) is 18.5 Å². The van der Waals surface area contributed by atoms with Crippen molar-refractivity contribution < 1.29 is 18.0 Å². The van der Waals surface area contributed by atoms with E-state index in [1.807, 2.05) is 0 Å². The van der Waals surface area contributed by atoms with Gasteiger partial charge in [-0.2, -0.15) is 13.2 Å². The Morgan fingerprint density at radius 3 is 2.68 bits per heavy atom. The molecule has 0 saturated carbocycles. The smallest absolute Gasteiger partial charge is 0.327 e. The van der Waals surface area contributed by atoms with E-state index in [4.69, 9.17) is 5.73 Å². The Morgan fingerprint density at radius 2 is 2.11 bits per heavy atom. The molecule has 0 radical (unpaired) electrons. The second-order valence-corrected chi connectivity index (χ2v) is 4.73. The van der Waals surface area contributed by atoms with Crippen LogP contribution >= 0.6 is 0 Å². The maximum atomic E-state index is 13.1. The summed E-state index contributed by atoms with van der Waals surface area (Å²) in [6.45, 7) is 1.49. The molecular formula is C13H15F3N2O. The van der Waals surface area contributed by atoms with Crippen LogP contribution in [0, 0.1) is 0 Å². The first kappa shape index (κ1) is 13.9. The van der Waals surface area contributed by atoms with Crippen molar-refractivity contribution in [2.75, 3.05) is 11.4 Å². The molecule has 1 heterocycles. The number of para-hydroxylation sites is 1. The summed E-state index contributed by atoms with van der Waals surface area (Å²) < 4.78 is 39.2.